The molecule has 0 unspecified atom stereocenters. The molecule has 0 aromatic carbocycles. The molecule has 1 aliphatic rings. The van der Waals surface area contributed by atoms with E-state index in [-0.39, 0.29) is 0 Å². The van der Waals surface area contributed by atoms with Crippen LogP contribution in [-0.2, 0) is 4.74 Å². The van der Waals surface area contributed by atoms with Crippen LogP contribution in [0.3, 0.4) is 0 Å². The Morgan fingerprint density at radius 2 is 2.27 bits per heavy atom. The van der Waals surface area contributed by atoms with Crippen LogP contribution in [0.4, 0.5) is 0 Å². The SMILES string of the molecule is COC[C@H](C)CN([O-])C1CC1. The van der Waals surface area contributed by atoms with Crippen molar-refractivity contribution in [1.29, 1.82) is 0 Å². The molecule has 66 valence electrons. The predicted molar refractivity (Wildman–Crippen MR) is 44.1 cm³/mol. The number of nitrogens with zero attached hydrogens (tertiary/aromatic N) is 1. The van der Waals surface area contributed by atoms with Gasteiger partial charge in [-0.3, -0.25) is 0 Å². The van der Waals surface area contributed by atoms with Crippen molar-refractivity contribution in [1.82, 2.24) is 5.06 Å². The summed E-state index contributed by atoms with van der Waals surface area (Å²) in [6, 6.07) is 0.328. The van der Waals surface area contributed by atoms with Crippen LogP contribution in [0.25, 0.3) is 0 Å². The van der Waals surface area contributed by atoms with Gasteiger partial charge in [-0.05, 0) is 31.3 Å². The van der Waals surface area contributed by atoms with Gasteiger partial charge in [0.15, 0.2) is 0 Å². The zero-order valence-corrected chi connectivity index (χ0v) is 7.25. The summed E-state index contributed by atoms with van der Waals surface area (Å²) >= 11 is 0. The van der Waals surface area contributed by atoms with Crippen molar-refractivity contribution in [2.75, 3.05) is 20.3 Å². The van der Waals surface area contributed by atoms with Gasteiger partial charge in [0, 0.05) is 13.7 Å². The topological polar surface area (TPSA) is 35.5 Å². The Labute approximate surface area is 67.9 Å². The fourth-order valence-electron chi connectivity index (χ4n) is 1.16. The van der Waals surface area contributed by atoms with E-state index in [0.717, 1.165) is 12.8 Å². The molecule has 0 aromatic rings. The predicted octanol–water partition coefficient (Wildman–Crippen LogP) is 1.23. The lowest BCUT2D eigenvalue weighted by molar-refractivity contribution is 0.141. The Bertz CT molecular complexity index is 115. The molecule has 1 aliphatic carbocycles. The molecule has 0 bridgehead atoms. The van der Waals surface area contributed by atoms with Crippen LogP contribution in [-0.4, -0.2) is 31.4 Å². The average Bonchev–Trinajstić information content (AvgIpc) is 2.67. The molecule has 0 saturated heterocycles. The number of ether oxygens (including phenoxy) is 1. The van der Waals surface area contributed by atoms with Crippen molar-refractivity contribution >= 4 is 0 Å². The first-order valence-corrected chi connectivity index (χ1v) is 4.16. The van der Waals surface area contributed by atoms with Gasteiger partial charge >= 0.3 is 0 Å². The highest BCUT2D eigenvalue weighted by atomic mass is 16.5. The van der Waals surface area contributed by atoms with E-state index in [9.17, 15) is 5.21 Å². The summed E-state index contributed by atoms with van der Waals surface area (Å²) in [6.45, 7) is 3.35. The van der Waals surface area contributed by atoms with E-state index >= 15 is 0 Å². The van der Waals surface area contributed by atoms with Gasteiger partial charge in [0.05, 0.1) is 0 Å². The zero-order valence-electron chi connectivity index (χ0n) is 7.25. The van der Waals surface area contributed by atoms with E-state index in [0.29, 0.717) is 25.1 Å². The summed E-state index contributed by atoms with van der Waals surface area (Å²) in [5.41, 5.74) is 0. The molecule has 0 amide bonds. The third kappa shape index (κ3) is 3.18. The van der Waals surface area contributed by atoms with Crippen LogP contribution in [0, 0.1) is 11.1 Å². The Morgan fingerprint density at radius 1 is 1.64 bits per heavy atom. The van der Waals surface area contributed by atoms with E-state index in [1.165, 1.54) is 5.06 Å². The summed E-state index contributed by atoms with van der Waals surface area (Å²) in [6.07, 6.45) is 2.17. The monoisotopic (exact) mass is 158 g/mol. The van der Waals surface area contributed by atoms with Crippen molar-refractivity contribution in [2.24, 2.45) is 5.92 Å². The smallest absolute Gasteiger partial charge is 0.0499 e. The molecule has 0 radical (unpaired) electrons. The normalized spacial score (nSPS) is 20.7. The van der Waals surface area contributed by atoms with Crippen molar-refractivity contribution in [3.63, 3.8) is 0 Å². The molecule has 0 heterocycles. The first-order chi connectivity index (χ1) is 5.24. The van der Waals surface area contributed by atoms with Crippen LogP contribution in [0.2, 0.25) is 0 Å². The van der Waals surface area contributed by atoms with Gasteiger partial charge in [-0.25, -0.2) is 0 Å². The average molecular weight is 158 g/mol. The molecule has 3 heteroatoms. The minimum atomic E-state index is 0.328. The zero-order chi connectivity index (χ0) is 8.27. The van der Waals surface area contributed by atoms with E-state index in [4.69, 9.17) is 4.74 Å². The van der Waals surface area contributed by atoms with E-state index in [1.54, 1.807) is 7.11 Å². The minimum absolute atomic E-state index is 0.328. The Balaban J connectivity index is 2.07. The Morgan fingerprint density at radius 3 is 2.73 bits per heavy atom. The fraction of sp³-hybridized carbons (Fsp3) is 1.00. The van der Waals surface area contributed by atoms with E-state index in [1.807, 2.05) is 6.92 Å². The highest BCUT2D eigenvalue weighted by Gasteiger charge is 2.23. The van der Waals surface area contributed by atoms with Crippen LogP contribution in [0.5, 0.6) is 0 Å². The van der Waals surface area contributed by atoms with Gasteiger partial charge < -0.3 is 15.0 Å². The molecule has 3 nitrogen and oxygen atoms in total. The number of hydrogen-bond acceptors (Lipinski definition) is 3. The lowest BCUT2D eigenvalue weighted by Gasteiger charge is -2.30. The molecule has 0 aromatic heterocycles. The molecule has 1 atom stereocenters. The second-order valence-electron chi connectivity index (χ2n) is 3.39. The maximum Gasteiger partial charge on any atom is 0.0499 e. The summed E-state index contributed by atoms with van der Waals surface area (Å²) in [5.74, 6) is 0.359. The van der Waals surface area contributed by atoms with Crippen LogP contribution >= 0.6 is 0 Å². The third-order valence-electron chi connectivity index (χ3n) is 1.90. The molecule has 1 rings (SSSR count). The molecule has 0 spiro atoms. The van der Waals surface area contributed by atoms with Gasteiger partial charge in [0.25, 0.3) is 0 Å². The van der Waals surface area contributed by atoms with E-state index in [2.05, 4.69) is 0 Å². The second-order valence-corrected chi connectivity index (χ2v) is 3.39. The van der Waals surface area contributed by atoms with Crippen molar-refractivity contribution < 1.29 is 4.74 Å². The standard InChI is InChI=1S/C8H16NO2/c1-7(6-11-2)5-9(10)8-3-4-8/h7-8H,3-6H2,1-2H3/q-1/t7-/m1/s1. The fourth-order valence-corrected chi connectivity index (χ4v) is 1.16. The molecule has 0 N–H and O–H groups in total. The lowest BCUT2D eigenvalue weighted by atomic mass is 10.2. The number of methoxy groups -OCH3 is 1. The maximum absolute atomic E-state index is 11.2. The molecule has 11 heavy (non-hydrogen) atoms. The Hall–Kier alpha value is -0.120. The van der Waals surface area contributed by atoms with E-state index < -0.39 is 0 Å². The molecule has 1 fully saturated rings. The van der Waals surface area contributed by atoms with Crippen LogP contribution < -0.4 is 0 Å². The Kier molecular flexibility index (Phi) is 3.30. The van der Waals surface area contributed by atoms with Crippen LogP contribution in [0.1, 0.15) is 19.8 Å². The number of hydroxylamine groups is 2. The maximum atomic E-state index is 11.2. The molecular formula is C8H16NO2-. The quantitative estimate of drug-likeness (QED) is 0.564. The summed E-state index contributed by atoms with van der Waals surface area (Å²) in [5, 5.41) is 12.3. The highest BCUT2D eigenvalue weighted by molar-refractivity contribution is 4.85. The molecule has 1 saturated carbocycles. The van der Waals surface area contributed by atoms with Gasteiger partial charge in [-0.15, -0.1) is 0 Å². The van der Waals surface area contributed by atoms with Gasteiger partial charge in [-0.1, -0.05) is 6.92 Å². The minimum Gasteiger partial charge on any atom is -0.785 e. The first kappa shape index (κ1) is 8.97. The van der Waals surface area contributed by atoms with Crippen molar-refractivity contribution in [3.8, 4) is 0 Å². The number of rotatable bonds is 5. The molecule has 0 aliphatic heterocycles. The van der Waals surface area contributed by atoms with Crippen molar-refractivity contribution in [3.05, 3.63) is 5.21 Å². The molecular weight excluding hydrogens is 142 g/mol. The first-order valence-electron chi connectivity index (χ1n) is 4.16. The summed E-state index contributed by atoms with van der Waals surface area (Å²) < 4.78 is 4.94. The largest absolute Gasteiger partial charge is 0.785 e. The number of hydrogen-bond donors (Lipinski definition) is 0. The van der Waals surface area contributed by atoms with Gasteiger partial charge in [0.2, 0.25) is 0 Å². The summed E-state index contributed by atoms with van der Waals surface area (Å²) in [7, 11) is 1.67. The highest BCUT2D eigenvalue weighted by Crippen LogP contribution is 2.26. The third-order valence-corrected chi connectivity index (χ3v) is 1.90. The van der Waals surface area contributed by atoms with Gasteiger partial charge in [0.1, 0.15) is 0 Å². The second kappa shape index (κ2) is 4.04. The lowest BCUT2D eigenvalue weighted by Crippen LogP contribution is -2.26. The van der Waals surface area contributed by atoms with Crippen LogP contribution in [0.15, 0.2) is 0 Å². The van der Waals surface area contributed by atoms with Crippen molar-refractivity contribution in [2.45, 2.75) is 25.8 Å². The van der Waals surface area contributed by atoms with Gasteiger partial charge in [-0.2, -0.15) is 0 Å². The summed E-state index contributed by atoms with van der Waals surface area (Å²) in [4.78, 5) is 0.